The molecule has 0 unspecified atom stereocenters. The Labute approximate surface area is 168 Å². The molecule has 1 aliphatic heterocycles. The number of nitrogens with zero attached hydrogens (tertiary/aromatic N) is 6. The summed E-state index contributed by atoms with van der Waals surface area (Å²) in [5, 5.41) is 11.2. The summed E-state index contributed by atoms with van der Waals surface area (Å²) in [6.45, 7) is 1.25. The van der Waals surface area contributed by atoms with Gasteiger partial charge in [-0.25, -0.2) is 9.67 Å². The standard InChI is InChI=1S/C20H23N7O2/c28-19(8-3-10-25-15-21-14-23-25)26-11-2-7-18(26)20(29)24-16-5-1-6-17(13-16)27-12-4-9-22-27/h1,4-6,9,12-15,18H,2-3,7-8,10-11H2,(H,24,29)/t18-/m0/s1. The van der Waals surface area contributed by atoms with Crippen LogP contribution >= 0.6 is 0 Å². The average Bonchev–Trinajstić information content (AvgIpc) is 3.50. The van der Waals surface area contributed by atoms with Crippen molar-refractivity contribution in [2.75, 3.05) is 11.9 Å². The quantitative estimate of drug-likeness (QED) is 0.661. The van der Waals surface area contributed by atoms with Gasteiger partial charge in [0, 0.05) is 37.6 Å². The number of carbonyl (C=O) groups is 2. The summed E-state index contributed by atoms with van der Waals surface area (Å²) in [5.74, 6) is -0.141. The third-order valence-corrected chi connectivity index (χ3v) is 5.00. The molecule has 0 aliphatic carbocycles. The van der Waals surface area contributed by atoms with E-state index in [9.17, 15) is 9.59 Å². The van der Waals surface area contributed by atoms with Crippen LogP contribution in [0.3, 0.4) is 0 Å². The monoisotopic (exact) mass is 393 g/mol. The second kappa shape index (κ2) is 8.68. The number of nitrogens with one attached hydrogen (secondary N) is 1. The first-order valence-corrected chi connectivity index (χ1v) is 9.73. The van der Waals surface area contributed by atoms with Crippen molar-refractivity contribution < 1.29 is 9.59 Å². The lowest BCUT2D eigenvalue weighted by Gasteiger charge is -2.24. The highest BCUT2D eigenvalue weighted by molar-refractivity contribution is 5.97. The summed E-state index contributed by atoms with van der Waals surface area (Å²) in [6, 6.07) is 8.91. The lowest BCUT2D eigenvalue weighted by molar-refractivity contribution is -0.136. The molecule has 4 rings (SSSR count). The molecule has 9 heteroatoms. The number of aromatic nitrogens is 5. The molecule has 1 N–H and O–H groups in total. The fraction of sp³-hybridized carbons (Fsp3) is 0.350. The van der Waals surface area contributed by atoms with E-state index in [0.717, 1.165) is 12.1 Å². The van der Waals surface area contributed by atoms with Gasteiger partial charge in [0.1, 0.15) is 18.7 Å². The van der Waals surface area contributed by atoms with Crippen LogP contribution in [0.5, 0.6) is 0 Å². The van der Waals surface area contributed by atoms with Crippen LogP contribution in [-0.4, -0.2) is 53.8 Å². The minimum absolute atomic E-state index is 0.00746. The highest BCUT2D eigenvalue weighted by Gasteiger charge is 2.33. The van der Waals surface area contributed by atoms with Gasteiger partial charge in [-0.1, -0.05) is 6.07 Å². The maximum absolute atomic E-state index is 12.8. The van der Waals surface area contributed by atoms with E-state index in [1.165, 1.54) is 6.33 Å². The molecule has 1 saturated heterocycles. The fourth-order valence-corrected chi connectivity index (χ4v) is 3.60. The molecule has 1 aliphatic rings. The zero-order valence-electron chi connectivity index (χ0n) is 16.0. The molecule has 150 valence electrons. The van der Waals surface area contributed by atoms with Gasteiger partial charge in [0.25, 0.3) is 0 Å². The first-order chi connectivity index (χ1) is 14.2. The van der Waals surface area contributed by atoms with E-state index in [2.05, 4.69) is 20.5 Å². The molecule has 0 bridgehead atoms. The highest BCUT2D eigenvalue weighted by atomic mass is 16.2. The predicted octanol–water partition coefficient (Wildman–Crippen LogP) is 1.87. The van der Waals surface area contributed by atoms with Gasteiger partial charge >= 0.3 is 0 Å². The number of benzene rings is 1. The Hall–Kier alpha value is -3.49. The van der Waals surface area contributed by atoms with E-state index in [1.54, 1.807) is 26.8 Å². The van der Waals surface area contributed by atoms with Gasteiger partial charge in [0.15, 0.2) is 0 Å². The molecule has 0 saturated carbocycles. The zero-order chi connectivity index (χ0) is 20.1. The number of rotatable bonds is 7. The van der Waals surface area contributed by atoms with Crippen molar-refractivity contribution in [1.82, 2.24) is 29.4 Å². The third-order valence-electron chi connectivity index (χ3n) is 5.00. The molecule has 2 aromatic heterocycles. The average molecular weight is 393 g/mol. The van der Waals surface area contributed by atoms with Crippen molar-refractivity contribution in [2.24, 2.45) is 0 Å². The van der Waals surface area contributed by atoms with Crippen molar-refractivity contribution in [3.05, 3.63) is 55.4 Å². The topological polar surface area (TPSA) is 97.9 Å². The molecule has 0 spiro atoms. The number of hydrogen-bond donors (Lipinski definition) is 1. The molecule has 1 aromatic carbocycles. The number of anilines is 1. The normalized spacial score (nSPS) is 16.1. The van der Waals surface area contributed by atoms with E-state index in [4.69, 9.17) is 0 Å². The minimum atomic E-state index is -0.428. The molecule has 1 fully saturated rings. The summed E-state index contributed by atoms with van der Waals surface area (Å²) in [5.41, 5.74) is 1.55. The van der Waals surface area contributed by atoms with Gasteiger partial charge < -0.3 is 10.2 Å². The second-order valence-corrected chi connectivity index (χ2v) is 7.00. The van der Waals surface area contributed by atoms with Crippen molar-refractivity contribution in [3.63, 3.8) is 0 Å². The Kier molecular flexibility index (Phi) is 5.64. The minimum Gasteiger partial charge on any atom is -0.331 e. The van der Waals surface area contributed by atoms with Crippen LogP contribution in [0.4, 0.5) is 5.69 Å². The number of amides is 2. The van der Waals surface area contributed by atoms with Crippen LogP contribution in [0.15, 0.2) is 55.4 Å². The van der Waals surface area contributed by atoms with E-state index in [1.807, 2.05) is 36.5 Å². The van der Waals surface area contributed by atoms with Gasteiger partial charge in [-0.3, -0.25) is 14.3 Å². The Balaban J connectivity index is 1.35. The highest BCUT2D eigenvalue weighted by Crippen LogP contribution is 2.21. The summed E-state index contributed by atoms with van der Waals surface area (Å²) < 4.78 is 3.43. The van der Waals surface area contributed by atoms with E-state index in [0.29, 0.717) is 38.0 Å². The van der Waals surface area contributed by atoms with E-state index < -0.39 is 6.04 Å². The Morgan fingerprint density at radius 3 is 2.93 bits per heavy atom. The Morgan fingerprint density at radius 2 is 2.14 bits per heavy atom. The van der Waals surface area contributed by atoms with Crippen LogP contribution in [-0.2, 0) is 16.1 Å². The Bertz CT molecular complexity index is 953. The van der Waals surface area contributed by atoms with Crippen LogP contribution in [0, 0.1) is 0 Å². The number of aryl methyl sites for hydroxylation is 1. The van der Waals surface area contributed by atoms with Crippen molar-refractivity contribution in [1.29, 1.82) is 0 Å². The maximum Gasteiger partial charge on any atom is 0.247 e. The maximum atomic E-state index is 12.8. The molecule has 9 nitrogen and oxygen atoms in total. The largest absolute Gasteiger partial charge is 0.331 e. The number of hydrogen-bond acceptors (Lipinski definition) is 5. The first kappa shape index (κ1) is 18.9. The van der Waals surface area contributed by atoms with Crippen molar-refractivity contribution in [3.8, 4) is 5.69 Å². The van der Waals surface area contributed by atoms with Gasteiger partial charge in [-0.05, 0) is 43.5 Å². The van der Waals surface area contributed by atoms with Crippen molar-refractivity contribution in [2.45, 2.75) is 38.3 Å². The predicted molar refractivity (Wildman–Crippen MR) is 106 cm³/mol. The second-order valence-electron chi connectivity index (χ2n) is 7.00. The van der Waals surface area contributed by atoms with Crippen LogP contribution in [0.2, 0.25) is 0 Å². The van der Waals surface area contributed by atoms with Gasteiger partial charge in [-0.15, -0.1) is 0 Å². The first-order valence-electron chi connectivity index (χ1n) is 9.73. The van der Waals surface area contributed by atoms with Gasteiger partial charge in [0.2, 0.25) is 11.8 Å². The molecule has 3 heterocycles. The molecular weight excluding hydrogens is 370 g/mol. The lowest BCUT2D eigenvalue weighted by atomic mass is 10.1. The smallest absolute Gasteiger partial charge is 0.247 e. The molecule has 29 heavy (non-hydrogen) atoms. The van der Waals surface area contributed by atoms with Crippen LogP contribution in [0.25, 0.3) is 5.69 Å². The SMILES string of the molecule is O=C(Nc1cccc(-n2cccn2)c1)[C@@H]1CCCN1C(=O)CCCn1cncn1. The summed E-state index contributed by atoms with van der Waals surface area (Å²) in [4.78, 5) is 31.1. The number of carbonyl (C=O) groups excluding carboxylic acids is 2. The molecule has 3 aromatic rings. The molecular formula is C20H23N7O2. The van der Waals surface area contributed by atoms with Gasteiger partial charge in [-0.2, -0.15) is 10.2 Å². The fourth-order valence-electron chi connectivity index (χ4n) is 3.60. The summed E-state index contributed by atoms with van der Waals surface area (Å²) in [7, 11) is 0. The van der Waals surface area contributed by atoms with Crippen LogP contribution in [0.1, 0.15) is 25.7 Å². The molecule has 0 radical (unpaired) electrons. The zero-order valence-corrected chi connectivity index (χ0v) is 16.0. The summed E-state index contributed by atoms with van der Waals surface area (Å²) in [6.07, 6.45) is 9.23. The number of likely N-dealkylation sites (tertiary alicyclic amines) is 1. The van der Waals surface area contributed by atoms with E-state index >= 15 is 0 Å². The molecule has 2 amide bonds. The summed E-state index contributed by atoms with van der Waals surface area (Å²) >= 11 is 0. The lowest BCUT2D eigenvalue weighted by Crippen LogP contribution is -2.43. The van der Waals surface area contributed by atoms with Gasteiger partial charge in [0.05, 0.1) is 5.69 Å². The van der Waals surface area contributed by atoms with Crippen LogP contribution < -0.4 is 5.32 Å². The third kappa shape index (κ3) is 4.50. The van der Waals surface area contributed by atoms with Crippen molar-refractivity contribution >= 4 is 17.5 Å². The Morgan fingerprint density at radius 1 is 1.21 bits per heavy atom. The van der Waals surface area contributed by atoms with E-state index in [-0.39, 0.29) is 11.8 Å². The molecule has 1 atom stereocenters.